The third-order valence-electron chi connectivity index (χ3n) is 3.03. The molecule has 2 aromatic rings. The average Bonchev–Trinajstić information content (AvgIpc) is 2.44. The van der Waals surface area contributed by atoms with E-state index in [1.165, 1.54) is 11.6 Å². The Kier molecular flexibility index (Phi) is 5.05. The Morgan fingerprint density at radius 3 is 2.58 bits per heavy atom. The molecule has 0 atom stereocenters. The summed E-state index contributed by atoms with van der Waals surface area (Å²) < 4.78 is 14.0. The highest BCUT2D eigenvalue weighted by Crippen LogP contribution is 2.22. The van der Waals surface area contributed by atoms with Crippen LogP contribution in [-0.2, 0) is 13.1 Å². The quantitative estimate of drug-likeness (QED) is 0.827. The smallest absolute Gasteiger partial charge is 0.137 e. The summed E-state index contributed by atoms with van der Waals surface area (Å²) in [5.41, 5.74) is 2.18. The first-order valence-corrected chi connectivity index (χ1v) is 7.04. The molecule has 0 aliphatic carbocycles. The fourth-order valence-corrected chi connectivity index (χ4v) is 2.33. The van der Waals surface area contributed by atoms with Crippen LogP contribution in [0.3, 0.4) is 0 Å². The molecule has 1 aromatic heterocycles. The maximum absolute atomic E-state index is 13.5. The van der Waals surface area contributed by atoms with Crippen molar-refractivity contribution in [1.82, 2.24) is 9.88 Å². The molecule has 0 saturated carbocycles. The summed E-state index contributed by atoms with van der Waals surface area (Å²) in [6.45, 7) is 4.57. The largest absolute Gasteiger partial charge is 0.295 e. The van der Waals surface area contributed by atoms with Gasteiger partial charge in [0.2, 0.25) is 0 Å². The Labute approximate surface area is 121 Å². The molecule has 0 bridgehead atoms. The highest BCUT2D eigenvalue weighted by atomic mass is 79.9. The van der Waals surface area contributed by atoms with Crippen molar-refractivity contribution in [3.05, 3.63) is 64.1 Å². The molecule has 2 nitrogen and oxygen atoms in total. The van der Waals surface area contributed by atoms with Gasteiger partial charge in [-0.15, -0.1) is 0 Å². The summed E-state index contributed by atoms with van der Waals surface area (Å²) >= 11 is 3.31. The van der Waals surface area contributed by atoms with Gasteiger partial charge in [-0.1, -0.05) is 19.1 Å². The molecular formula is C15H16BrFN2. The van der Waals surface area contributed by atoms with E-state index in [9.17, 15) is 4.39 Å². The molecule has 0 fully saturated rings. The topological polar surface area (TPSA) is 16.1 Å². The first kappa shape index (κ1) is 14.2. The van der Waals surface area contributed by atoms with Crippen molar-refractivity contribution in [2.24, 2.45) is 0 Å². The van der Waals surface area contributed by atoms with E-state index in [0.29, 0.717) is 4.47 Å². The van der Waals surface area contributed by atoms with Gasteiger partial charge < -0.3 is 0 Å². The van der Waals surface area contributed by atoms with Crippen LogP contribution in [0, 0.1) is 5.82 Å². The van der Waals surface area contributed by atoms with Crippen molar-refractivity contribution in [2.75, 3.05) is 6.54 Å². The standard InChI is InChI=1S/C15H16BrFN2/c1-2-19(10-12-6-8-18-9-7-12)11-13-4-3-5-14(17)15(13)16/h3-9H,2,10-11H2,1H3. The van der Waals surface area contributed by atoms with Crippen LogP contribution < -0.4 is 0 Å². The Morgan fingerprint density at radius 2 is 1.89 bits per heavy atom. The van der Waals surface area contributed by atoms with E-state index in [2.05, 4.69) is 32.7 Å². The van der Waals surface area contributed by atoms with Crippen molar-refractivity contribution in [3.8, 4) is 0 Å². The number of nitrogens with zero attached hydrogens (tertiary/aromatic N) is 2. The van der Waals surface area contributed by atoms with Crippen molar-refractivity contribution in [3.63, 3.8) is 0 Å². The monoisotopic (exact) mass is 322 g/mol. The predicted molar refractivity (Wildman–Crippen MR) is 78.1 cm³/mol. The molecule has 1 heterocycles. The summed E-state index contributed by atoms with van der Waals surface area (Å²) in [7, 11) is 0. The van der Waals surface area contributed by atoms with E-state index >= 15 is 0 Å². The zero-order valence-electron chi connectivity index (χ0n) is 10.8. The van der Waals surface area contributed by atoms with Gasteiger partial charge in [-0.25, -0.2) is 4.39 Å². The second-order valence-corrected chi connectivity index (χ2v) is 5.16. The van der Waals surface area contributed by atoms with Gasteiger partial charge in [0.25, 0.3) is 0 Å². The first-order valence-electron chi connectivity index (χ1n) is 6.25. The molecule has 0 saturated heterocycles. The van der Waals surface area contributed by atoms with E-state index in [1.54, 1.807) is 18.5 Å². The number of benzene rings is 1. The van der Waals surface area contributed by atoms with Crippen LogP contribution in [0.2, 0.25) is 0 Å². The van der Waals surface area contributed by atoms with E-state index in [0.717, 1.165) is 25.2 Å². The van der Waals surface area contributed by atoms with Gasteiger partial charge in [0, 0.05) is 25.5 Å². The number of aromatic nitrogens is 1. The molecule has 0 unspecified atom stereocenters. The number of rotatable bonds is 5. The Morgan fingerprint density at radius 1 is 1.16 bits per heavy atom. The summed E-state index contributed by atoms with van der Waals surface area (Å²) in [5.74, 6) is -0.211. The van der Waals surface area contributed by atoms with Crippen molar-refractivity contribution >= 4 is 15.9 Å². The summed E-state index contributed by atoms with van der Waals surface area (Å²) in [4.78, 5) is 6.27. The molecule has 0 radical (unpaired) electrons. The molecule has 0 aliphatic rings. The molecule has 0 aliphatic heterocycles. The van der Waals surface area contributed by atoms with Gasteiger partial charge in [0.05, 0.1) is 4.47 Å². The molecule has 0 N–H and O–H groups in total. The first-order chi connectivity index (χ1) is 9.20. The minimum atomic E-state index is -0.211. The third kappa shape index (κ3) is 3.85. The van der Waals surface area contributed by atoms with Gasteiger partial charge >= 0.3 is 0 Å². The van der Waals surface area contributed by atoms with Crippen LogP contribution >= 0.6 is 15.9 Å². The van der Waals surface area contributed by atoms with E-state index in [-0.39, 0.29) is 5.82 Å². The van der Waals surface area contributed by atoms with E-state index in [1.807, 2.05) is 18.2 Å². The summed E-state index contributed by atoms with van der Waals surface area (Å²) in [6, 6.07) is 9.16. The van der Waals surface area contributed by atoms with Crippen LogP contribution in [0.1, 0.15) is 18.1 Å². The fraction of sp³-hybridized carbons (Fsp3) is 0.267. The lowest BCUT2D eigenvalue weighted by Crippen LogP contribution is -2.22. The molecule has 0 spiro atoms. The van der Waals surface area contributed by atoms with Gasteiger partial charge in [0.1, 0.15) is 5.82 Å². The normalized spacial score (nSPS) is 10.9. The van der Waals surface area contributed by atoms with Crippen molar-refractivity contribution in [2.45, 2.75) is 20.0 Å². The van der Waals surface area contributed by atoms with Gasteiger partial charge in [-0.3, -0.25) is 9.88 Å². The fourth-order valence-electron chi connectivity index (χ4n) is 1.94. The average molecular weight is 323 g/mol. The predicted octanol–water partition coefficient (Wildman–Crippen LogP) is 4.01. The number of pyridine rings is 1. The Balaban J connectivity index is 2.09. The maximum atomic E-state index is 13.5. The van der Waals surface area contributed by atoms with Crippen LogP contribution in [0.4, 0.5) is 4.39 Å². The molecule has 19 heavy (non-hydrogen) atoms. The molecular weight excluding hydrogens is 307 g/mol. The Hall–Kier alpha value is -1.26. The SMILES string of the molecule is CCN(Cc1ccncc1)Cc1cccc(F)c1Br. The van der Waals surface area contributed by atoms with Gasteiger partial charge in [0.15, 0.2) is 0 Å². The second kappa shape index (κ2) is 6.78. The summed E-state index contributed by atoms with van der Waals surface area (Å²) in [5, 5.41) is 0. The second-order valence-electron chi connectivity index (χ2n) is 4.37. The lowest BCUT2D eigenvalue weighted by Gasteiger charge is -2.21. The van der Waals surface area contributed by atoms with Crippen LogP contribution in [0.25, 0.3) is 0 Å². The highest BCUT2D eigenvalue weighted by molar-refractivity contribution is 9.10. The third-order valence-corrected chi connectivity index (χ3v) is 3.92. The molecule has 100 valence electrons. The lowest BCUT2D eigenvalue weighted by molar-refractivity contribution is 0.270. The lowest BCUT2D eigenvalue weighted by atomic mass is 10.2. The minimum Gasteiger partial charge on any atom is -0.295 e. The number of hydrogen-bond acceptors (Lipinski definition) is 2. The van der Waals surface area contributed by atoms with E-state index < -0.39 is 0 Å². The zero-order valence-corrected chi connectivity index (χ0v) is 12.4. The summed E-state index contributed by atoms with van der Waals surface area (Å²) in [6.07, 6.45) is 3.59. The highest BCUT2D eigenvalue weighted by Gasteiger charge is 2.10. The minimum absolute atomic E-state index is 0.211. The molecule has 4 heteroatoms. The number of hydrogen-bond donors (Lipinski definition) is 0. The van der Waals surface area contributed by atoms with Crippen molar-refractivity contribution in [1.29, 1.82) is 0 Å². The van der Waals surface area contributed by atoms with Crippen LogP contribution in [0.15, 0.2) is 47.2 Å². The maximum Gasteiger partial charge on any atom is 0.137 e. The van der Waals surface area contributed by atoms with Crippen LogP contribution in [0.5, 0.6) is 0 Å². The Bertz CT molecular complexity index is 531. The molecule has 2 rings (SSSR count). The molecule has 0 amide bonds. The van der Waals surface area contributed by atoms with Crippen molar-refractivity contribution < 1.29 is 4.39 Å². The van der Waals surface area contributed by atoms with E-state index in [4.69, 9.17) is 0 Å². The molecule has 1 aromatic carbocycles. The zero-order chi connectivity index (χ0) is 13.7. The van der Waals surface area contributed by atoms with Crippen LogP contribution in [-0.4, -0.2) is 16.4 Å². The van der Waals surface area contributed by atoms with Gasteiger partial charge in [-0.2, -0.15) is 0 Å². The van der Waals surface area contributed by atoms with Gasteiger partial charge in [-0.05, 0) is 51.8 Å². The number of halogens is 2.